The normalized spacial score (nSPS) is 9.50. The Bertz CT molecular complexity index is 597. The Morgan fingerprint density at radius 3 is 2.62 bits per heavy atom. The molecule has 16 heavy (non-hydrogen) atoms. The summed E-state index contributed by atoms with van der Waals surface area (Å²) in [6, 6.07) is 10.7. The smallest absolute Gasteiger partial charge is 0.256 e. The van der Waals surface area contributed by atoms with Gasteiger partial charge < -0.3 is 4.98 Å². The molecule has 1 heterocycles. The molecule has 0 atom stereocenters. The van der Waals surface area contributed by atoms with E-state index in [1.54, 1.807) is 18.2 Å². The van der Waals surface area contributed by atoms with Crippen molar-refractivity contribution >= 4 is 5.69 Å². The van der Waals surface area contributed by atoms with Crippen LogP contribution >= 0.6 is 0 Å². The molecule has 0 radical (unpaired) electrons. The van der Waals surface area contributed by atoms with Crippen LogP contribution in [-0.4, -0.2) is 4.98 Å². The van der Waals surface area contributed by atoms with Crippen LogP contribution < -0.4 is 5.56 Å². The second-order valence-electron chi connectivity index (χ2n) is 3.12. The minimum absolute atomic E-state index is 0.267. The molecular formula is C11H8N4O. The fourth-order valence-electron chi connectivity index (χ4n) is 1.48. The summed E-state index contributed by atoms with van der Waals surface area (Å²) in [5.74, 6) is 0. The minimum atomic E-state index is -0.267. The average Bonchev–Trinajstić information content (AvgIpc) is 2.31. The van der Waals surface area contributed by atoms with Crippen LogP contribution in [0.15, 0.2) is 52.5 Å². The highest BCUT2D eigenvalue weighted by atomic mass is 16.1. The van der Waals surface area contributed by atoms with E-state index in [0.717, 1.165) is 5.56 Å². The Kier molecular flexibility index (Phi) is 2.71. The number of nitrogens with zero attached hydrogens (tertiary/aromatic N) is 3. The van der Waals surface area contributed by atoms with Gasteiger partial charge in [-0.15, -0.1) is 0 Å². The average molecular weight is 212 g/mol. The molecule has 0 amide bonds. The van der Waals surface area contributed by atoms with Crippen molar-refractivity contribution in [3.63, 3.8) is 0 Å². The lowest BCUT2D eigenvalue weighted by molar-refractivity contribution is 1.23. The summed E-state index contributed by atoms with van der Waals surface area (Å²) in [4.78, 5) is 16.9. The van der Waals surface area contributed by atoms with Crippen molar-refractivity contribution in [1.29, 1.82) is 0 Å². The Balaban J connectivity index is 2.73. The number of azide groups is 1. The topological polar surface area (TPSA) is 81.6 Å². The van der Waals surface area contributed by atoms with E-state index < -0.39 is 0 Å². The molecule has 0 spiro atoms. The number of H-pyrrole nitrogens is 1. The summed E-state index contributed by atoms with van der Waals surface area (Å²) in [5, 5.41) is 3.50. The Morgan fingerprint density at radius 2 is 1.94 bits per heavy atom. The van der Waals surface area contributed by atoms with Crippen molar-refractivity contribution in [2.24, 2.45) is 5.11 Å². The third kappa shape index (κ3) is 1.80. The molecule has 2 aromatic rings. The number of hydrogen-bond donors (Lipinski definition) is 1. The molecule has 0 saturated carbocycles. The first-order valence-electron chi connectivity index (χ1n) is 4.65. The number of benzene rings is 1. The third-order valence-electron chi connectivity index (χ3n) is 2.15. The zero-order valence-corrected chi connectivity index (χ0v) is 8.29. The summed E-state index contributed by atoms with van der Waals surface area (Å²) in [6.45, 7) is 0. The zero-order chi connectivity index (χ0) is 11.4. The molecule has 0 fully saturated rings. The lowest BCUT2D eigenvalue weighted by Gasteiger charge is -2.02. The van der Waals surface area contributed by atoms with Crippen molar-refractivity contribution in [3.8, 4) is 11.1 Å². The van der Waals surface area contributed by atoms with E-state index in [0.29, 0.717) is 11.3 Å². The lowest BCUT2D eigenvalue weighted by atomic mass is 10.1. The molecule has 78 valence electrons. The quantitative estimate of drug-likeness (QED) is 0.463. The molecule has 1 N–H and O–H groups in total. The van der Waals surface area contributed by atoms with E-state index in [2.05, 4.69) is 15.0 Å². The van der Waals surface area contributed by atoms with Crippen molar-refractivity contribution in [1.82, 2.24) is 4.98 Å². The van der Waals surface area contributed by atoms with Crippen molar-refractivity contribution in [2.45, 2.75) is 0 Å². The van der Waals surface area contributed by atoms with E-state index in [-0.39, 0.29) is 5.56 Å². The molecule has 0 aliphatic carbocycles. The maximum Gasteiger partial charge on any atom is 0.256 e. The van der Waals surface area contributed by atoms with Crippen LogP contribution in [0.4, 0.5) is 5.69 Å². The van der Waals surface area contributed by atoms with Crippen molar-refractivity contribution in [3.05, 3.63) is 63.4 Å². The zero-order valence-electron chi connectivity index (χ0n) is 8.29. The van der Waals surface area contributed by atoms with E-state index in [9.17, 15) is 4.79 Å². The fourth-order valence-corrected chi connectivity index (χ4v) is 1.48. The Labute approximate surface area is 91.0 Å². The third-order valence-corrected chi connectivity index (χ3v) is 2.15. The van der Waals surface area contributed by atoms with Crippen LogP contribution in [0, 0.1) is 0 Å². The van der Waals surface area contributed by atoms with E-state index in [1.165, 1.54) is 6.20 Å². The van der Waals surface area contributed by atoms with E-state index in [1.807, 2.05) is 18.2 Å². The van der Waals surface area contributed by atoms with Crippen LogP contribution in [0.3, 0.4) is 0 Å². The highest BCUT2D eigenvalue weighted by molar-refractivity contribution is 5.74. The highest BCUT2D eigenvalue weighted by Crippen LogP contribution is 2.25. The molecule has 0 unspecified atom stereocenters. The molecular weight excluding hydrogens is 204 g/mol. The molecule has 2 rings (SSSR count). The number of hydrogen-bond acceptors (Lipinski definition) is 2. The van der Waals surface area contributed by atoms with Crippen LogP contribution in [0.1, 0.15) is 0 Å². The second kappa shape index (κ2) is 4.33. The molecule has 0 aliphatic heterocycles. The summed E-state index contributed by atoms with van der Waals surface area (Å²) in [6.07, 6.45) is 1.46. The number of nitrogens with one attached hydrogen (secondary N) is 1. The molecule has 1 aromatic heterocycles. The van der Waals surface area contributed by atoms with Gasteiger partial charge >= 0.3 is 0 Å². The van der Waals surface area contributed by atoms with Gasteiger partial charge in [-0.2, -0.15) is 0 Å². The van der Waals surface area contributed by atoms with Crippen molar-refractivity contribution in [2.75, 3.05) is 0 Å². The van der Waals surface area contributed by atoms with Gasteiger partial charge in [0.05, 0.1) is 11.3 Å². The number of pyridine rings is 1. The van der Waals surface area contributed by atoms with Gasteiger partial charge in [0.15, 0.2) is 0 Å². The monoisotopic (exact) mass is 212 g/mol. The van der Waals surface area contributed by atoms with Gasteiger partial charge in [0.2, 0.25) is 0 Å². The first kappa shape index (κ1) is 10.0. The van der Waals surface area contributed by atoms with Crippen molar-refractivity contribution < 1.29 is 0 Å². The lowest BCUT2D eigenvalue weighted by Crippen LogP contribution is -2.07. The van der Waals surface area contributed by atoms with E-state index >= 15 is 0 Å². The Hall–Kier alpha value is -2.52. The van der Waals surface area contributed by atoms with Gasteiger partial charge in [-0.05, 0) is 17.2 Å². The number of aromatic amines is 1. The van der Waals surface area contributed by atoms with Crippen LogP contribution in [0.2, 0.25) is 0 Å². The van der Waals surface area contributed by atoms with Gasteiger partial charge in [0.25, 0.3) is 5.56 Å². The predicted molar refractivity (Wildman–Crippen MR) is 61.3 cm³/mol. The predicted octanol–water partition coefficient (Wildman–Crippen LogP) is 2.98. The summed E-state index contributed by atoms with van der Waals surface area (Å²) >= 11 is 0. The molecule has 0 aliphatic rings. The fraction of sp³-hybridized carbons (Fsp3) is 0. The summed E-state index contributed by atoms with van der Waals surface area (Å²) < 4.78 is 0. The maximum absolute atomic E-state index is 11.7. The van der Waals surface area contributed by atoms with E-state index in [4.69, 9.17) is 5.53 Å². The molecule has 0 bridgehead atoms. The molecule has 1 aromatic carbocycles. The standard InChI is InChI=1S/C11H8N4O/c12-15-14-9-6-7-13-11(16)10(9)8-4-2-1-3-5-8/h1-7H,(H,13,16). The van der Waals surface area contributed by atoms with Crippen LogP contribution in [-0.2, 0) is 0 Å². The first-order chi connectivity index (χ1) is 7.83. The highest BCUT2D eigenvalue weighted by Gasteiger charge is 2.07. The first-order valence-corrected chi connectivity index (χ1v) is 4.65. The summed E-state index contributed by atoms with van der Waals surface area (Å²) in [7, 11) is 0. The molecule has 5 heteroatoms. The number of rotatable bonds is 2. The largest absolute Gasteiger partial charge is 0.329 e. The SMILES string of the molecule is [N-]=[N+]=Nc1cc[nH]c(=O)c1-c1ccccc1. The van der Waals surface area contributed by atoms with Gasteiger partial charge in [0.1, 0.15) is 0 Å². The van der Waals surface area contributed by atoms with Gasteiger partial charge in [-0.25, -0.2) is 0 Å². The molecule has 5 nitrogen and oxygen atoms in total. The van der Waals surface area contributed by atoms with Crippen LogP contribution in [0.25, 0.3) is 21.6 Å². The maximum atomic E-state index is 11.7. The minimum Gasteiger partial charge on any atom is -0.329 e. The van der Waals surface area contributed by atoms with Gasteiger partial charge in [-0.1, -0.05) is 35.4 Å². The number of aromatic nitrogens is 1. The Morgan fingerprint density at radius 1 is 1.19 bits per heavy atom. The van der Waals surface area contributed by atoms with Gasteiger partial charge in [0, 0.05) is 11.1 Å². The van der Waals surface area contributed by atoms with Crippen LogP contribution in [0.5, 0.6) is 0 Å². The second-order valence-corrected chi connectivity index (χ2v) is 3.12. The summed E-state index contributed by atoms with van der Waals surface area (Å²) in [5.41, 5.74) is 9.61. The molecule has 0 saturated heterocycles. The van der Waals surface area contributed by atoms with Gasteiger partial charge in [-0.3, -0.25) is 4.79 Å².